The highest BCUT2D eigenvalue weighted by molar-refractivity contribution is 5.42. The number of allylic oxidation sites excluding steroid dienone is 6. The van der Waals surface area contributed by atoms with Gasteiger partial charge in [0.2, 0.25) is 0 Å². The van der Waals surface area contributed by atoms with Crippen LogP contribution in [0.4, 0.5) is 0 Å². The van der Waals surface area contributed by atoms with E-state index in [2.05, 4.69) is 95.3 Å². The fraction of sp³-hybridized carbons (Fsp3) is 0.500. The standard InChI is InChI=1S/C36H55N3/c1-9-12-32(27(5)6)17-15-31-16-18-33(19-20-37)35(24-31)23-30(10-2)25-38-29(8)34(21-26(3)4)22-28(7)39-36-13-11-14-36/h9,16,18,21-22,24,30,36,38-39H,1,7-8,10-15,17,19-20,23,25,37H2,2-6H3/b34-22+. The summed E-state index contributed by atoms with van der Waals surface area (Å²) in [6, 6.07) is 7.61. The Labute approximate surface area is 240 Å². The molecular weight excluding hydrogens is 474 g/mol. The van der Waals surface area contributed by atoms with Crippen LogP contribution in [-0.4, -0.2) is 19.1 Å². The van der Waals surface area contributed by atoms with E-state index in [0.717, 1.165) is 62.0 Å². The van der Waals surface area contributed by atoms with Gasteiger partial charge in [0.25, 0.3) is 0 Å². The molecule has 0 spiro atoms. The largest absolute Gasteiger partial charge is 0.385 e. The van der Waals surface area contributed by atoms with E-state index in [1.165, 1.54) is 52.7 Å². The molecule has 1 unspecified atom stereocenters. The molecule has 1 aliphatic carbocycles. The van der Waals surface area contributed by atoms with Crippen LogP contribution < -0.4 is 16.4 Å². The Balaban J connectivity index is 2.11. The van der Waals surface area contributed by atoms with Gasteiger partial charge in [0.15, 0.2) is 0 Å². The summed E-state index contributed by atoms with van der Waals surface area (Å²) in [5.41, 5.74) is 17.4. The first-order valence-electron chi connectivity index (χ1n) is 15.0. The Morgan fingerprint density at radius 3 is 2.38 bits per heavy atom. The van der Waals surface area contributed by atoms with Crippen LogP contribution >= 0.6 is 0 Å². The van der Waals surface area contributed by atoms with Gasteiger partial charge in [0, 0.05) is 24.0 Å². The quantitative estimate of drug-likeness (QED) is 0.132. The topological polar surface area (TPSA) is 50.1 Å². The van der Waals surface area contributed by atoms with Crippen molar-refractivity contribution in [3.8, 4) is 0 Å². The lowest BCUT2D eigenvalue weighted by atomic mass is 9.89. The minimum Gasteiger partial charge on any atom is -0.385 e. The molecule has 1 fully saturated rings. The zero-order valence-electron chi connectivity index (χ0n) is 25.6. The lowest BCUT2D eigenvalue weighted by Crippen LogP contribution is -2.33. The monoisotopic (exact) mass is 529 g/mol. The molecule has 0 amide bonds. The highest BCUT2D eigenvalue weighted by Gasteiger charge is 2.17. The van der Waals surface area contributed by atoms with E-state index in [1.54, 1.807) is 0 Å². The predicted molar refractivity (Wildman–Crippen MR) is 173 cm³/mol. The van der Waals surface area contributed by atoms with Crippen LogP contribution in [0.1, 0.15) is 89.8 Å². The van der Waals surface area contributed by atoms with Gasteiger partial charge >= 0.3 is 0 Å². The van der Waals surface area contributed by atoms with Gasteiger partial charge in [-0.3, -0.25) is 0 Å². The van der Waals surface area contributed by atoms with E-state index >= 15 is 0 Å². The molecular formula is C36H55N3. The molecule has 3 heteroatoms. The van der Waals surface area contributed by atoms with Crippen molar-refractivity contribution in [1.29, 1.82) is 0 Å². The second kappa shape index (κ2) is 17.0. The van der Waals surface area contributed by atoms with E-state index in [4.69, 9.17) is 5.73 Å². The normalized spacial score (nSPS) is 14.2. The molecule has 0 heterocycles. The first-order chi connectivity index (χ1) is 18.7. The van der Waals surface area contributed by atoms with Crippen molar-refractivity contribution >= 4 is 0 Å². The minimum atomic E-state index is 0.506. The Bertz CT molecular complexity index is 1060. The third-order valence-corrected chi connectivity index (χ3v) is 7.80. The van der Waals surface area contributed by atoms with Gasteiger partial charge in [-0.1, -0.05) is 73.6 Å². The van der Waals surface area contributed by atoms with Crippen LogP contribution in [0.5, 0.6) is 0 Å². The van der Waals surface area contributed by atoms with Crippen molar-refractivity contribution in [2.45, 2.75) is 98.4 Å². The Hall–Kier alpha value is -2.78. The van der Waals surface area contributed by atoms with E-state index in [1.807, 2.05) is 6.08 Å². The summed E-state index contributed by atoms with van der Waals surface area (Å²) >= 11 is 0. The van der Waals surface area contributed by atoms with Crippen molar-refractivity contribution in [3.05, 3.63) is 107 Å². The van der Waals surface area contributed by atoms with Crippen molar-refractivity contribution < 1.29 is 0 Å². The molecule has 0 bridgehead atoms. The molecule has 0 saturated heterocycles. The summed E-state index contributed by atoms with van der Waals surface area (Å²) in [6.07, 6.45) is 16.3. The van der Waals surface area contributed by atoms with Crippen molar-refractivity contribution in [3.63, 3.8) is 0 Å². The second-order valence-corrected chi connectivity index (χ2v) is 11.7. The van der Waals surface area contributed by atoms with Gasteiger partial charge in [0.1, 0.15) is 0 Å². The smallest absolute Gasteiger partial charge is 0.0341 e. The Morgan fingerprint density at radius 2 is 1.82 bits per heavy atom. The molecule has 1 aliphatic rings. The third-order valence-electron chi connectivity index (χ3n) is 7.80. The number of nitrogens with two attached hydrogens (primary N) is 1. The third kappa shape index (κ3) is 11.5. The van der Waals surface area contributed by atoms with Crippen LogP contribution in [0.15, 0.2) is 89.9 Å². The Kier molecular flexibility index (Phi) is 14.2. The summed E-state index contributed by atoms with van der Waals surface area (Å²) in [6.45, 7) is 25.1. The van der Waals surface area contributed by atoms with Gasteiger partial charge in [-0.25, -0.2) is 0 Å². The van der Waals surface area contributed by atoms with E-state index in [0.29, 0.717) is 18.5 Å². The maximum Gasteiger partial charge on any atom is 0.0341 e. The summed E-state index contributed by atoms with van der Waals surface area (Å²) in [5.74, 6) is 0.506. The molecule has 0 radical (unpaired) electrons. The molecule has 214 valence electrons. The molecule has 39 heavy (non-hydrogen) atoms. The fourth-order valence-electron chi connectivity index (χ4n) is 5.06. The molecule has 0 aliphatic heterocycles. The lowest BCUT2D eigenvalue weighted by molar-refractivity contribution is 0.367. The summed E-state index contributed by atoms with van der Waals surface area (Å²) in [7, 11) is 0. The highest BCUT2D eigenvalue weighted by Crippen LogP contribution is 2.23. The van der Waals surface area contributed by atoms with E-state index in [-0.39, 0.29) is 0 Å². The summed E-state index contributed by atoms with van der Waals surface area (Å²) < 4.78 is 0. The van der Waals surface area contributed by atoms with Crippen molar-refractivity contribution in [2.75, 3.05) is 13.1 Å². The molecule has 1 aromatic rings. The van der Waals surface area contributed by atoms with Crippen molar-refractivity contribution in [2.24, 2.45) is 11.7 Å². The zero-order valence-corrected chi connectivity index (χ0v) is 25.6. The molecule has 0 aromatic heterocycles. The van der Waals surface area contributed by atoms with Crippen LogP contribution in [0.25, 0.3) is 0 Å². The minimum absolute atomic E-state index is 0.506. The lowest BCUT2D eigenvalue weighted by Gasteiger charge is -2.28. The molecule has 4 N–H and O–H groups in total. The van der Waals surface area contributed by atoms with Crippen LogP contribution in [0.3, 0.4) is 0 Å². The van der Waals surface area contributed by atoms with Gasteiger partial charge in [0.05, 0.1) is 0 Å². The molecule has 1 atom stereocenters. The molecule has 2 rings (SSSR count). The van der Waals surface area contributed by atoms with Crippen molar-refractivity contribution in [1.82, 2.24) is 10.6 Å². The summed E-state index contributed by atoms with van der Waals surface area (Å²) in [5, 5.41) is 7.21. The number of hydrogen-bond donors (Lipinski definition) is 3. The average Bonchev–Trinajstić information content (AvgIpc) is 2.86. The van der Waals surface area contributed by atoms with Crippen LogP contribution in [-0.2, 0) is 19.3 Å². The van der Waals surface area contributed by atoms with Gasteiger partial charge in [-0.05, 0) is 120 Å². The Morgan fingerprint density at radius 1 is 1.08 bits per heavy atom. The SMILES string of the molecule is C=CCC(CCc1ccc(CCN)c(CC(CC)CNC(=C)/C(C=C(C)C)=C/C(=C)NC2CCC2)c1)=C(C)C. The van der Waals surface area contributed by atoms with Crippen LogP contribution in [0, 0.1) is 5.92 Å². The number of benzene rings is 1. The van der Waals surface area contributed by atoms with E-state index < -0.39 is 0 Å². The molecule has 3 nitrogen and oxygen atoms in total. The number of hydrogen-bond acceptors (Lipinski definition) is 3. The van der Waals surface area contributed by atoms with Crippen LogP contribution in [0.2, 0.25) is 0 Å². The maximum atomic E-state index is 5.99. The van der Waals surface area contributed by atoms with E-state index in [9.17, 15) is 0 Å². The molecule has 1 saturated carbocycles. The highest BCUT2D eigenvalue weighted by atomic mass is 14.9. The number of aryl methyl sites for hydroxylation is 1. The molecule has 1 aromatic carbocycles. The average molecular weight is 530 g/mol. The number of rotatable bonds is 18. The second-order valence-electron chi connectivity index (χ2n) is 11.7. The first-order valence-corrected chi connectivity index (χ1v) is 15.0. The zero-order chi connectivity index (χ0) is 28.8. The van der Waals surface area contributed by atoms with Gasteiger partial charge < -0.3 is 16.4 Å². The van der Waals surface area contributed by atoms with Gasteiger partial charge in [-0.2, -0.15) is 0 Å². The summed E-state index contributed by atoms with van der Waals surface area (Å²) in [4.78, 5) is 0. The first kappa shape index (κ1) is 32.4. The fourth-order valence-corrected chi connectivity index (χ4v) is 5.06. The maximum absolute atomic E-state index is 5.99. The van der Waals surface area contributed by atoms with Gasteiger partial charge in [-0.15, -0.1) is 6.58 Å². The number of nitrogens with one attached hydrogen (secondary N) is 2. The predicted octanol–water partition coefficient (Wildman–Crippen LogP) is 8.25.